The minimum atomic E-state index is -3.43. The van der Waals surface area contributed by atoms with Crippen molar-refractivity contribution < 1.29 is 8.42 Å². The molecule has 1 aromatic rings. The van der Waals surface area contributed by atoms with Gasteiger partial charge in [-0.25, -0.2) is 13.1 Å². The molecule has 0 aromatic heterocycles. The van der Waals surface area contributed by atoms with Crippen LogP contribution in [0.1, 0.15) is 33.6 Å². The van der Waals surface area contributed by atoms with Crippen LogP contribution in [0.25, 0.3) is 0 Å². The summed E-state index contributed by atoms with van der Waals surface area (Å²) in [6.07, 6.45) is 2.42. The normalized spacial score (nSPS) is 16.4. The molecule has 0 atom stereocenters. The van der Waals surface area contributed by atoms with Crippen molar-refractivity contribution >= 4 is 15.7 Å². The summed E-state index contributed by atoms with van der Waals surface area (Å²) in [6, 6.07) is 7.08. The third-order valence-electron chi connectivity index (χ3n) is 3.57. The largest absolute Gasteiger partial charge is 0.379 e. The quantitative estimate of drug-likeness (QED) is 0.843. The Kier molecular flexibility index (Phi) is 3.87. The van der Waals surface area contributed by atoms with Gasteiger partial charge in [-0.1, -0.05) is 19.1 Å². The maximum atomic E-state index is 12.2. The van der Waals surface area contributed by atoms with Gasteiger partial charge in [0, 0.05) is 12.1 Å². The van der Waals surface area contributed by atoms with Crippen LogP contribution >= 0.6 is 0 Å². The van der Waals surface area contributed by atoms with Crippen LogP contribution in [-0.4, -0.2) is 20.5 Å². The van der Waals surface area contributed by atoms with Crippen molar-refractivity contribution in [1.29, 1.82) is 0 Å². The molecule has 19 heavy (non-hydrogen) atoms. The summed E-state index contributed by atoms with van der Waals surface area (Å²) in [6.45, 7) is 6.42. The maximum absolute atomic E-state index is 12.2. The smallest absolute Gasteiger partial charge is 0.242 e. The summed E-state index contributed by atoms with van der Waals surface area (Å²) < 4.78 is 26.9. The Morgan fingerprint density at radius 3 is 2.47 bits per heavy atom. The van der Waals surface area contributed by atoms with E-state index < -0.39 is 10.0 Å². The molecule has 0 spiro atoms. The number of hydrogen-bond acceptors (Lipinski definition) is 3. The first-order chi connectivity index (χ1) is 8.87. The Hall–Kier alpha value is -1.07. The fourth-order valence-corrected chi connectivity index (χ4v) is 3.53. The summed E-state index contributed by atoms with van der Waals surface area (Å²) in [7, 11) is -3.43. The highest BCUT2D eigenvalue weighted by Crippen LogP contribution is 2.41. The lowest BCUT2D eigenvalue weighted by Crippen LogP contribution is -2.34. The molecule has 1 aromatic carbocycles. The molecule has 0 saturated heterocycles. The van der Waals surface area contributed by atoms with E-state index in [1.54, 1.807) is 19.1 Å². The Labute approximate surface area is 115 Å². The molecule has 2 N–H and O–H groups in total. The van der Waals surface area contributed by atoms with E-state index in [2.05, 4.69) is 23.9 Å². The van der Waals surface area contributed by atoms with Crippen molar-refractivity contribution in [3.05, 3.63) is 24.3 Å². The highest BCUT2D eigenvalue weighted by Gasteiger charge is 2.38. The fourth-order valence-electron chi connectivity index (χ4n) is 2.33. The Morgan fingerprint density at radius 2 is 1.89 bits per heavy atom. The van der Waals surface area contributed by atoms with E-state index in [9.17, 15) is 8.42 Å². The molecule has 2 rings (SSSR count). The van der Waals surface area contributed by atoms with Crippen LogP contribution in [0.15, 0.2) is 29.2 Å². The zero-order valence-corrected chi connectivity index (χ0v) is 12.5. The van der Waals surface area contributed by atoms with Gasteiger partial charge in [0.05, 0.1) is 5.69 Å². The molecule has 4 nitrogen and oxygen atoms in total. The summed E-state index contributed by atoms with van der Waals surface area (Å²) >= 11 is 0. The predicted octanol–water partition coefficient (Wildman–Crippen LogP) is 2.59. The molecular weight excluding hydrogens is 260 g/mol. The van der Waals surface area contributed by atoms with Gasteiger partial charge in [-0.05, 0) is 44.7 Å². The second-order valence-corrected chi connectivity index (χ2v) is 7.35. The van der Waals surface area contributed by atoms with Gasteiger partial charge >= 0.3 is 0 Å². The first kappa shape index (κ1) is 14.3. The molecule has 1 saturated carbocycles. The van der Waals surface area contributed by atoms with Gasteiger partial charge in [0.15, 0.2) is 0 Å². The first-order valence-electron chi connectivity index (χ1n) is 6.73. The van der Waals surface area contributed by atoms with Gasteiger partial charge in [-0.2, -0.15) is 0 Å². The van der Waals surface area contributed by atoms with E-state index in [1.807, 2.05) is 12.1 Å². The summed E-state index contributed by atoms with van der Waals surface area (Å²) in [5.41, 5.74) is 0.609. The molecule has 5 heteroatoms. The number of para-hydroxylation sites is 1. The fraction of sp³-hybridized carbons (Fsp3) is 0.571. The van der Waals surface area contributed by atoms with Gasteiger partial charge in [0.25, 0.3) is 0 Å². The molecule has 0 amide bonds. The van der Waals surface area contributed by atoms with Gasteiger partial charge in [0.1, 0.15) is 4.90 Å². The standard InChI is InChI=1S/C14H22N2O2S/c1-4-15-19(17,18)13-8-6-5-7-12(13)16-14(2,3)11-9-10-11/h5-8,11,15-16H,4,9-10H2,1-3H3. The second kappa shape index (κ2) is 5.13. The number of benzene rings is 1. The highest BCUT2D eigenvalue weighted by atomic mass is 32.2. The molecule has 106 valence electrons. The zero-order chi connectivity index (χ0) is 14.1. The minimum Gasteiger partial charge on any atom is -0.379 e. The summed E-state index contributed by atoms with van der Waals surface area (Å²) in [5, 5.41) is 3.39. The Balaban J connectivity index is 2.31. The van der Waals surface area contributed by atoms with Crippen molar-refractivity contribution in [2.24, 2.45) is 5.92 Å². The minimum absolute atomic E-state index is 0.0716. The molecule has 0 bridgehead atoms. The lowest BCUT2D eigenvalue weighted by Gasteiger charge is -2.28. The van der Waals surface area contributed by atoms with Crippen LogP contribution in [0.2, 0.25) is 0 Å². The van der Waals surface area contributed by atoms with Gasteiger partial charge in [-0.3, -0.25) is 0 Å². The van der Waals surface area contributed by atoms with Crippen LogP contribution in [0.5, 0.6) is 0 Å². The molecule has 0 aliphatic heterocycles. The number of sulfonamides is 1. The van der Waals surface area contributed by atoms with Crippen molar-refractivity contribution in [2.45, 2.75) is 44.0 Å². The topological polar surface area (TPSA) is 58.2 Å². The number of anilines is 1. The average Bonchev–Trinajstić information content (AvgIpc) is 3.12. The Morgan fingerprint density at radius 1 is 1.26 bits per heavy atom. The van der Waals surface area contributed by atoms with Crippen molar-refractivity contribution in [3.63, 3.8) is 0 Å². The van der Waals surface area contributed by atoms with Crippen molar-refractivity contribution in [2.75, 3.05) is 11.9 Å². The third kappa shape index (κ3) is 3.28. The molecule has 1 fully saturated rings. The molecule has 1 aliphatic rings. The molecule has 1 aliphatic carbocycles. The summed E-state index contributed by atoms with van der Waals surface area (Å²) in [5.74, 6) is 0.627. The maximum Gasteiger partial charge on any atom is 0.242 e. The van der Waals surface area contributed by atoms with Gasteiger partial charge < -0.3 is 5.32 Å². The first-order valence-corrected chi connectivity index (χ1v) is 8.22. The average molecular weight is 282 g/mol. The van der Waals surface area contributed by atoms with Gasteiger partial charge in [-0.15, -0.1) is 0 Å². The van der Waals surface area contributed by atoms with E-state index >= 15 is 0 Å². The monoisotopic (exact) mass is 282 g/mol. The molecule has 0 heterocycles. The van der Waals surface area contributed by atoms with Crippen LogP contribution < -0.4 is 10.0 Å². The lowest BCUT2D eigenvalue weighted by atomic mass is 9.98. The van der Waals surface area contributed by atoms with Crippen molar-refractivity contribution in [1.82, 2.24) is 4.72 Å². The number of rotatable bonds is 6. The van der Waals surface area contributed by atoms with E-state index in [0.717, 1.165) is 0 Å². The van der Waals surface area contributed by atoms with E-state index in [1.165, 1.54) is 12.8 Å². The number of hydrogen-bond donors (Lipinski definition) is 2. The molecule has 0 unspecified atom stereocenters. The van der Waals surface area contributed by atoms with E-state index in [0.29, 0.717) is 23.0 Å². The Bertz CT molecular complexity index is 548. The zero-order valence-electron chi connectivity index (χ0n) is 11.7. The van der Waals surface area contributed by atoms with E-state index in [-0.39, 0.29) is 5.54 Å². The van der Waals surface area contributed by atoms with Crippen LogP contribution in [0.4, 0.5) is 5.69 Å². The van der Waals surface area contributed by atoms with Crippen molar-refractivity contribution in [3.8, 4) is 0 Å². The van der Waals surface area contributed by atoms with Crippen LogP contribution in [-0.2, 0) is 10.0 Å². The SMILES string of the molecule is CCNS(=O)(=O)c1ccccc1NC(C)(C)C1CC1. The van der Waals surface area contributed by atoms with Gasteiger partial charge in [0.2, 0.25) is 10.0 Å². The summed E-state index contributed by atoms with van der Waals surface area (Å²) in [4.78, 5) is 0.325. The predicted molar refractivity (Wildman–Crippen MR) is 77.7 cm³/mol. The van der Waals surface area contributed by atoms with E-state index in [4.69, 9.17) is 0 Å². The highest BCUT2D eigenvalue weighted by molar-refractivity contribution is 7.89. The second-order valence-electron chi connectivity index (χ2n) is 5.62. The number of nitrogens with one attached hydrogen (secondary N) is 2. The van der Waals surface area contributed by atoms with Crippen LogP contribution in [0.3, 0.4) is 0 Å². The van der Waals surface area contributed by atoms with Crippen LogP contribution in [0, 0.1) is 5.92 Å². The third-order valence-corrected chi connectivity index (χ3v) is 5.17. The molecular formula is C14H22N2O2S. The lowest BCUT2D eigenvalue weighted by molar-refractivity contribution is 0.493. The molecule has 0 radical (unpaired) electrons.